The smallest absolute Gasteiger partial charge is 0.471 e. The van der Waals surface area contributed by atoms with Crippen LogP contribution in [-0.2, 0) is 9.09 Å². The Kier molecular flexibility index (Phi) is 11.7. The van der Waals surface area contributed by atoms with Crippen LogP contribution in [0.1, 0.15) is 55.8 Å². The first kappa shape index (κ1) is 35.3. The van der Waals surface area contributed by atoms with Crippen LogP contribution < -0.4 is 20.1 Å². The molecule has 5 rings (SSSR count). The monoisotopic (exact) mass is 703 g/mol. The zero-order valence-corrected chi connectivity index (χ0v) is 28.0. The topological polar surface area (TPSA) is 181 Å². The molecule has 1 atom stereocenters. The summed E-state index contributed by atoms with van der Waals surface area (Å²) < 4.78 is 41.7. The van der Waals surface area contributed by atoms with Crippen molar-refractivity contribution in [1.29, 1.82) is 0 Å². The first-order valence-corrected chi connectivity index (χ1v) is 17.2. The van der Waals surface area contributed by atoms with Crippen molar-refractivity contribution >= 4 is 53.7 Å². The molecule has 17 heteroatoms. The zero-order chi connectivity index (χ0) is 34.3. The maximum atomic E-state index is 13.4. The first-order chi connectivity index (χ1) is 23.0. The van der Waals surface area contributed by atoms with Crippen LogP contribution in [0.2, 0.25) is 5.02 Å². The van der Waals surface area contributed by atoms with Gasteiger partial charge in [-0.15, -0.1) is 0 Å². The van der Waals surface area contributed by atoms with Crippen LogP contribution in [0.15, 0.2) is 49.1 Å². The van der Waals surface area contributed by atoms with Gasteiger partial charge in [0, 0.05) is 29.6 Å². The molecule has 0 saturated heterocycles. The Morgan fingerprint density at radius 2 is 1.85 bits per heavy atom. The van der Waals surface area contributed by atoms with Gasteiger partial charge < -0.3 is 24.6 Å². The maximum Gasteiger partial charge on any atom is 0.471 e. The number of phosphoric acid groups is 1. The van der Waals surface area contributed by atoms with Gasteiger partial charge in [0.25, 0.3) is 5.91 Å². The maximum absolute atomic E-state index is 13.4. The highest BCUT2D eigenvalue weighted by atomic mass is 35.5. The summed E-state index contributed by atoms with van der Waals surface area (Å²) in [4.78, 5) is 50.3. The molecule has 0 aliphatic heterocycles. The standard InChI is InChI=1S/C31H36ClFN7O7P/c1-19(47-48(42,43)44)40(22-7-4-3-5-8-22)11-6-12-46-28-15-26-23(14-27(28)45-2)29(37-18-36-26)38-21-16-34-31(35-17-21)39-30(41)20-9-10-25(33)24(32)13-20/h9-10,13-19,22H,3-8,11-12H2,1-2H3,(H,36,37,38)(H2,42,43,44)(H,34,35,39,41). The van der Waals surface area contributed by atoms with Gasteiger partial charge in [-0.2, -0.15) is 0 Å². The molecule has 0 bridgehead atoms. The molecule has 1 amide bonds. The van der Waals surface area contributed by atoms with E-state index in [9.17, 15) is 23.5 Å². The number of phosphoric ester groups is 1. The van der Waals surface area contributed by atoms with Crippen molar-refractivity contribution in [3.05, 3.63) is 65.5 Å². The van der Waals surface area contributed by atoms with Crippen LogP contribution >= 0.6 is 19.4 Å². The van der Waals surface area contributed by atoms with Crippen LogP contribution in [-0.4, -0.2) is 73.1 Å². The number of nitrogens with zero attached hydrogens (tertiary/aromatic N) is 5. The fourth-order valence-corrected chi connectivity index (χ4v) is 6.30. The summed E-state index contributed by atoms with van der Waals surface area (Å²) in [5.41, 5.74) is 1.22. The Morgan fingerprint density at radius 1 is 1.10 bits per heavy atom. The molecule has 256 valence electrons. The minimum Gasteiger partial charge on any atom is -0.493 e. The highest BCUT2D eigenvalue weighted by Gasteiger charge is 2.30. The van der Waals surface area contributed by atoms with E-state index in [1.807, 2.05) is 4.90 Å². The molecule has 0 spiro atoms. The van der Waals surface area contributed by atoms with Crippen molar-refractivity contribution < 1.29 is 37.5 Å². The van der Waals surface area contributed by atoms with Gasteiger partial charge in [-0.05, 0) is 50.5 Å². The van der Waals surface area contributed by atoms with Crippen LogP contribution in [0.4, 0.5) is 21.8 Å². The van der Waals surface area contributed by atoms with E-state index >= 15 is 0 Å². The minimum absolute atomic E-state index is 0.0349. The normalized spacial score (nSPS) is 14.6. The Hall–Kier alpha value is -3.98. The van der Waals surface area contributed by atoms with E-state index in [1.54, 1.807) is 19.1 Å². The molecule has 14 nitrogen and oxygen atoms in total. The van der Waals surface area contributed by atoms with Gasteiger partial charge in [0.05, 0.1) is 42.3 Å². The third-order valence-electron chi connectivity index (χ3n) is 7.86. The predicted octanol–water partition coefficient (Wildman–Crippen LogP) is 6.08. The van der Waals surface area contributed by atoms with Crippen LogP contribution in [0.25, 0.3) is 10.9 Å². The molecular weight excluding hydrogens is 668 g/mol. The number of rotatable bonds is 14. The van der Waals surface area contributed by atoms with Crippen molar-refractivity contribution in [3.8, 4) is 11.5 Å². The third-order valence-corrected chi connectivity index (χ3v) is 8.73. The Balaban J connectivity index is 1.23. The average molecular weight is 704 g/mol. The summed E-state index contributed by atoms with van der Waals surface area (Å²) in [7, 11) is -3.11. The molecule has 1 saturated carbocycles. The van der Waals surface area contributed by atoms with Crippen molar-refractivity contribution in [1.82, 2.24) is 24.8 Å². The first-order valence-electron chi connectivity index (χ1n) is 15.3. The molecule has 48 heavy (non-hydrogen) atoms. The van der Waals surface area contributed by atoms with Gasteiger partial charge in [-0.3, -0.25) is 19.5 Å². The molecule has 1 fully saturated rings. The number of nitrogens with one attached hydrogen (secondary N) is 2. The van der Waals surface area contributed by atoms with Gasteiger partial charge >= 0.3 is 7.82 Å². The number of ether oxygens (including phenoxy) is 2. The minimum atomic E-state index is -4.64. The van der Waals surface area contributed by atoms with Crippen LogP contribution in [0.5, 0.6) is 11.5 Å². The molecule has 2 heterocycles. The number of amides is 1. The Morgan fingerprint density at radius 3 is 2.54 bits per heavy atom. The van der Waals surface area contributed by atoms with E-state index in [-0.39, 0.29) is 22.6 Å². The average Bonchev–Trinajstić information content (AvgIpc) is 3.06. The lowest BCUT2D eigenvalue weighted by molar-refractivity contribution is -0.0227. The lowest BCUT2D eigenvalue weighted by atomic mass is 9.94. The number of halogens is 2. The second kappa shape index (κ2) is 15.9. The number of anilines is 3. The summed E-state index contributed by atoms with van der Waals surface area (Å²) in [6.07, 6.45) is 9.35. The quantitative estimate of drug-likeness (QED) is 0.0675. The molecule has 4 N–H and O–H groups in total. The van der Waals surface area contributed by atoms with E-state index in [4.69, 9.17) is 25.6 Å². The highest BCUT2D eigenvalue weighted by molar-refractivity contribution is 7.46. The lowest BCUT2D eigenvalue weighted by Gasteiger charge is -2.38. The molecule has 1 aliphatic rings. The number of benzene rings is 2. The number of hydrogen-bond donors (Lipinski definition) is 4. The van der Waals surface area contributed by atoms with Gasteiger partial charge in [0.1, 0.15) is 24.2 Å². The van der Waals surface area contributed by atoms with Gasteiger partial charge in [-0.25, -0.2) is 28.9 Å². The number of carbonyl (C=O) groups is 1. The van der Waals surface area contributed by atoms with Gasteiger partial charge in [-0.1, -0.05) is 30.9 Å². The summed E-state index contributed by atoms with van der Waals surface area (Å²) in [5.74, 6) is 0.244. The fourth-order valence-electron chi connectivity index (χ4n) is 5.60. The molecule has 0 radical (unpaired) electrons. The Labute approximate surface area is 281 Å². The van der Waals surface area contributed by atoms with E-state index in [0.29, 0.717) is 53.5 Å². The van der Waals surface area contributed by atoms with Crippen molar-refractivity contribution in [2.75, 3.05) is 30.9 Å². The van der Waals surface area contributed by atoms with Crippen LogP contribution in [0.3, 0.4) is 0 Å². The second-order valence-electron chi connectivity index (χ2n) is 11.2. The predicted molar refractivity (Wildman–Crippen MR) is 177 cm³/mol. The molecular formula is C31H36ClFN7O7P. The number of fused-ring (bicyclic) bond motifs is 1. The summed E-state index contributed by atoms with van der Waals surface area (Å²) >= 11 is 5.77. The number of aromatic nitrogens is 4. The fraction of sp³-hybridized carbons (Fsp3) is 0.387. The van der Waals surface area contributed by atoms with Gasteiger partial charge in [0.2, 0.25) is 5.95 Å². The van der Waals surface area contributed by atoms with E-state index < -0.39 is 25.8 Å². The summed E-state index contributed by atoms with van der Waals surface area (Å²) in [6, 6.07) is 7.30. The lowest BCUT2D eigenvalue weighted by Crippen LogP contribution is -2.44. The molecule has 2 aromatic carbocycles. The molecule has 1 aliphatic carbocycles. The third kappa shape index (κ3) is 9.34. The van der Waals surface area contributed by atoms with Crippen molar-refractivity contribution in [2.24, 2.45) is 0 Å². The van der Waals surface area contributed by atoms with E-state index in [0.717, 1.165) is 38.2 Å². The number of carbonyl (C=O) groups excluding carboxylic acids is 1. The zero-order valence-electron chi connectivity index (χ0n) is 26.3. The Bertz CT molecular complexity index is 1780. The summed E-state index contributed by atoms with van der Waals surface area (Å²) in [6.45, 7) is 2.51. The van der Waals surface area contributed by atoms with Gasteiger partial charge in [0.15, 0.2) is 11.5 Å². The second-order valence-corrected chi connectivity index (χ2v) is 12.8. The van der Waals surface area contributed by atoms with Crippen LogP contribution in [0, 0.1) is 5.82 Å². The number of hydrogen-bond acceptors (Lipinski definition) is 11. The molecule has 2 aromatic heterocycles. The SMILES string of the molecule is COc1cc2c(Nc3cnc(NC(=O)c4ccc(F)c(Cl)c4)nc3)ncnc2cc1OCCCN(C1CCCCC1)C(C)OP(=O)(O)O. The van der Waals surface area contributed by atoms with E-state index in [2.05, 4.69) is 30.6 Å². The van der Waals surface area contributed by atoms with Crippen molar-refractivity contribution in [3.63, 3.8) is 0 Å². The highest BCUT2D eigenvalue weighted by Crippen LogP contribution is 2.39. The molecule has 1 unspecified atom stereocenters. The molecule has 4 aromatic rings. The van der Waals surface area contributed by atoms with Crippen molar-refractivity contribution in [2.45, 2.75) is 57.7 Å². The largest absolute Gasteiger partial charge is 0.493 e. The number of methoxy groups -OCH3 is 1. The summed E-state index contributed by atoms with van der Waals surface area (Å²) in [5, 5.41) is 6.15. The van der Waals surface area contributed by atoms with E-state index in [1.165, 1.54) is 38.0 Å².